The largest absolute Gasteiger partial charge is 0.458 e. The Hall–Kier alpha value is -1.53. The van der Waals surface area contributed by atoms with Gasteiger partial charge in [0.2, 0.25) is 0 Å². The lowest BCUT2D eigenvalue weighted by Gasteiger charge is -2.10. The summed E-state index contributed by atoms with van der Waals surface area (Å²) in [4.78, 5) is 22.5. The van der Waals surface area contributed by atoms with Crippen LogP contribution in [0.2, 0.25) is 0 Å². The molecule has 102 valence electrons. The number of carbonyl (C=O) groups is 2. The Morgan fingerprint density at radius 1 is 1.37 bits per heavy atom. The van der Waals surface area contributed by atoms with E-state index in [9.17, 15) is 9.59 Å². The van der Waals surface area contributed by atoms with Gasteiger partial charge >= 0.3 is 11.9 Å². The Morgan fingerprint density at radius 3 is 2.79 bits per heavy atom. The van der Waals surface area contributed by atoms with Crippen LogP contribution in [0.4, 0.5) is 0 Å². The summed E-state index contributed by atoms with van der Waals surface area (Å²) < 4.78 is 15.5. The van der Waals surface area contributed by atoms with Gasteiger partial charge in [0.1, 0.15) is 12.0 Å². The number of ether oxygens (including phenoxy) is 3. The van der Waals surface area contributed by atoms with Crippen LogP contribution in [0, 0.1) is 0 Å². The number of thioether (sulfide) groups is 1. The summed E-state index contributed by atoms with van der Waals surface area (Å²) in [5.41, 5.74) is -0.114. The molecule has 0 unspecified atom stereocenters. The molecule has 0 amide bonds. The van der Waals surface area contributed by atoms with Crippen molar-refractivity contribution in [2.24, 2.45) is 0 Å². The van der Waals surface area contributed by atoms with Gasteiger partial charge < -0.3 is 14.2 Å². The summed E-state index contributed by atoms with van der Waals surface area (Å²) in [7, 11) is 0. The highest BCUT2D eigenvalue weighted by molar-refractivity contribution is 8.00. The average molecular weight is 282 g/mol. The highest BCUT2D eigenvalue weighted by Crippen LogP contribution is 2.28. The summed E-state index contributed by atoms with van der Waals surface area (Å²) in [5, 5.41) is 0. The fourth-order valence-corrected chi connectivity index (χ4v) is 2.56. The maximum Gasteiger partial charge on any atom is 0.338 e. The van der Waals surface area contributed by atoms with Crippen molar-refractivity contribution in [2.45, 2.75) is 17.8 Å². The van der Waals surface area contributed by atoms with E-state index in [1.807, 2.05) is 6.07 Å². The molecule has 6 heteroatoms. The van der Waals surface area contributed by atoms with Crippen molar-refractivity contribution < 1.29 is 23.8 Å². The molecule has 0 aliphatic carbocycles. The third-order valence-corrected chi connectivity index (χ3v) is 3.49. The first-order valence-electron chi connectivity index (χ1n) is 5.81. The van der Waals surface area contributed by atoms with Gasteiger partial charge in [-0.3, -0.25) is 4.79 Å². The van der Waals surface area contributed by atoms with Gasteiger partial charge in [0, 0.05) is 6.92 Å². The Morgan fingerprint density at radius 2 is 2.11 bits per heavy atom. The minimum Gasteiger partial charge on any atom is -0.458 e. The molecule has 0 radical (unpaired) electrons. The van der Waals surface area contributed by atoms with Gasteiger partial charge in [0.05, 0.1) is 12.2 Å². The molecule has 0 aromatic heterocycles. The molecule has 19 heavy (non-hydrogen) atoms. The molecule has 5 nitrogen and oxygen atoms in total. The molecule has 0 saturated carbocycles. The smallest absolute Gasteiger partial charge is 0.338 e. The normalized spacial score (nSPS) is 21.9. The van der Waals surface area contributed by atoms with Crippen molar-refractivity contribution in [1.82, 2.24) is 0 Å². The van der Waals surface area contributed by atoms with Crippen molar-refractivity contribution in [2.75, 3.05) is 13.2 Å². The second-order valence-corrected chi connectivity index (χ2v) is 5.23. The van der Waals surface area contributed by atoms with Crippen LogP contribution in [-0.2, 0) is 19.0 Å². The van der Waals surface area contributed by atoms with Crippen LogP contribution in [0.15, 0.2) is 30.3 Å². The molecule has 1 aromatic rings. The van der Waals surface area contributed by atoms with Crippen molar-refractivity contribution >= 4 is 23.7 Å². The summed E-state index contributed by atoms with van der Waals surface area (Å²) >= 11 is 1.33. The summed E-state index contributed by atoms with van der Waals surface area (Å²) in [6.45, 7) is 1.80. The standard InChI is InChI=1S/C13H14O5S/c1-9(14)18-12-8-16-11(19-12)7-17-13(15)10-5-3-2-4-6-10/h2-6,11-12H,7-8H2,1H3/t11-,12-/m1/s1. The Balaban J connectivity index is 1.75. The Kier molecular flexibility index (Phi) is 4.81. The predicted octanol–water partition coefficient (Wildman–Crippen LogP) is 1.82. The second kappa shape index (κ2) is 6.58. The molecule has 1 saturated heterocycles. The summed E-state index contributed by atoms with van der Waals surface area (Å²) in [5.74, 6) is -0.733. The topological polar surface area (TPSA) is 61.8 Å². The van der Waals surface area contributed by atoms with Gasteiger partial charge in [-0.25, -0.2) is 4.79 Å². The van der Waals surface area contributed by atoms with E-state index in [1.165, 1.54) is 18.7 Å². The number of esters is 2. The zero-order valence-electron chi connectivity index (χ0n) is 10.4. The van der Waals surface area contributed by atoms with E-state index in [-0.39, 0.29) is 29.4 Å². The molecule has 0 spiro atoms. The molecular formula is C13H14O5S. The van der Waals surface area contributed by atoms with Crippen LogP contribution in [0.3, 0.4) is 0 Å². The lowest BCUT2D eigenvalue weighted by Crippen LogP contribution is -2.15. The van der Waals surface area contributed by atoms with E-state index in [0.717, 1.165) is 0 Å². The minimum absolute atomic E-state index is 0.135. The van der Waals surface area contributed by atoms with Gasteiger partial charge in [-0.2, -0.15) is 0 Å². The van der Waals surface area contributed by atoms with Gasteiger partial charge in [-0.15, -0.1) is 0 Å². The quantitative estimate of drug-likeness (QED) is 0.785. The van der Waals surface area contributed by atoms with E-state index < -0.39 is 0 Å². The SMILES string of the molecule is CC(=O)O[C@H]1CO[C@@H](COC(=O)c2ccccc2)S1. The van der Waals surface area contributed by atoms with Crippen LogP contribution < -0.4 is 0 Å². The zero-order chi connectivity index (χ0) is 13.7. The molecular weight excluding hydrogens is 268 g/mol. The van der Waals surface area contributed by atoms with Crippen LogP contribution in [0.1, 0.15) is 17.3 Å². The van der Waals surface area contributed by atoms with Crippen molar-refractivity contribution in [3.8, 4) is 0 Å². The monoisotopic (exact) mass is 282 g/mol. The van der Waals surface area contributed by atoms with E-state index in [2.05, 4.69) is 0 Å². The molecule has 2 rings (SSSR count). The molecule has 2 atom stereocenters. The highest BCUT2D eigenvalue weighted by Gasteiger charge is 2.29. The molecule has 1 aliphatic heterocycles. The number of hydrogen-bond donors (Lipinski definition) is 0. The first kappa shape index (κ1) is 13.9. The number of hydrogen-bond acceptors (Lipinski definition) is 6. The van der Waals surface area contributed by atoms with Crippen molar-refractivity contribution in [3.05, 3.63) is 35.9 Å². The number of carbonyl (C=O) groups excluding carboxylic acids is 2. The average Bonchev–Trinajstić information content (AvgIpc) is 2.84. The maximum atomic E-state index is 11.7. The van der Waals surface area contributed by atoms with E-state index >= 15 is 0 Å². The molecule has 0 N–H and O–H groups in total. The third-order valence-electron chi connectivity index (χ3n) is 2.38. The van der Waals surface area contributed by atoms with E-state index in [4.69, 9.17) is 14.2 Å². The summed E-state index contributed by atoms with van der Waals surface area (Å²) in [6, 6.07) is 8.75. The first-order valence-corrected chi connectivity index (χ1v) is 6.76. The first-order chi connectivity index (χ1) is 9.15. The van der Waals surface area contributed by atoms with Crippen LogP contribution in [0.5, 0.6) is 0 Å². The van der Waals surface area contributed by atoms with Crippen molar-refractivity contribution in [1.29, 1.82) is 0 Å². The van der Waals surface area contributed by atoms with Gasteiger partial charge in [0.25, 0.3) is 0 Å². The molecule has 1 heterocycles. The highest BCUT2D eigenvalue weighted by atomic mass is 32.2. The number of rotatable bonds is 4. The Labute approximate surface area is 115 Å². The molecule has 1 aromatic carbocycles. The number of benzene rings is 1. The lowest BCUT2D eigenvalue weighted by atomic mass is 10.2. The fraction of sp³-hybridized carbons (Fsp3) is 0.385. The van der Waals surface area contributed by atoms with E-state index in [0.29, 0.717) is 12.2 Å². The minimum atomic E-state index is -0.388. The Bertz CT molecular complexity index is 448. The summed E-state index contributed by atoms with van der Waals surface area (Å²) in [6.07, 6.45) is 0. The van der Waals surface area contributed by atoms with Gasteiger partial charge in [-0.1, -0.05) is 30.0 Å². The fourth-order valence-electron chi connectivity index (χ4n) is 1.57. The maximum absolute atomic E-state index is 11.7. The van der Waals surface area contributed by atoms with Gasteiger partial charge in [0.15, 0.2) is 5.44 Å². The van der Waals surface area contributed by atoms with E-state index in [1.54, 1.807) is 24.3 Å². The van der Waals surface area contributed by atoms with Gasteiger partial charge in [-0.05, 0) is 12.1 Å². The lowest BCUT2D eigenvalue weighted by molar-refractivity contribution is -0.143. The molecule has 1 aliphatic rings. The zero-order valence-corrected chi connectivity index (χ0v) is 11.2. The van der Waals surface area contributed by atoms with Crippen LogP contribution in [-0.4, -0.2) is 36.0 Å². The second-order valence-electron chi connectivity index (χ2n) is 3.90. The van der Waals surface area contributed by atoms with Crippen molar-refractivity contribution in [3.63, 3.8) is 0 Å². The molecule has 1 fully saturated rings. The van der Waals surface area contributed by atoms with Crippen LogP contribution >= 0.6 is 11.8 Å². The third kappa shape index (κ3) is 4.25. The van der Waals surface area contributed by atoms with Crippen LogP contribution in [0.25, 0.3) is 0 Å². The molecule has 0 bridgehead atoms. The predicted molar refractivity (Wildman–Crippen MR) is 69.6 cm³/mol.